The third-order valence-corrected chi connectivity index (χ3v) is 11.9. The zero-order valence-electron chi connectivity index (χ0n) is 28.7. The highest BCUT2D eigenvalue weighted by Gasteiger charge is 2.35. The zero-order chi connectivity index (χ0) is 33.8. The molecular formula is C45H39N3Si. The molecule has 0 radical (unpaired) electrons. The van der Waals surface area contributed by atoms with Crippen LogP contribution in [0.2, 0.25) is 19.6 Å². The molecule has 0 bridgehead atoms. The van der Waals surface area contributed by atoms with Crippen LogP contribution < -0.4 is 5.19 Å². The minimum Gasteiger partial charge on any atom is -0.208 e. The van der Waals surface area contributed by atoms with Gasteiger partial charge in [0.1, 0.15) is 0 Å². The highest BCUT2D eigenvalue weighted by Crippen LogP contribution is 2.49. The van der Waals surface area contributed by atoms with Gasteiger partial charge in [-0.1, -0.05) is 172 Å². The molecule has 0 saturated carbocycles. The molecule has 1 heterocycles. The first-order chi connectivity index (χ1) is 23.7. The predicted octanol–water partition coefficient (Wildman–Crippen LogP) is 11.1. The van der Waals surface area contributed by atoms with Crippen molar-refractivity contribution in [1.82, 2.24) is 15.0 Å². The van der Waals surface area contributed by atoms with Gasteiger partial charge in [-0.25, -0.2) is 15.0 Å². The van der Waals surface area contributed by atoms with Crippen LogP contribution >= 0.6 is 0 Å². The van der Waals surface area contributed by atoms with Gasteiger partial charge in [-0.15, -0.1) is 0 Å². The molecular weight excluding hydrogens is 611 g/mol. The summed E-state index contributed by atoms with van der Waals surface area (Å²) in [5.41, 5.74) is 13.0. The fourth-order valence-electron chi connectivity index (χ4n) is 7.24. The van der Waals surface area contributed by atoms with Gasteiger partial charge >= 0.3 is 0 Å². The molecule has 0 N–H and O–H groups in total. The Morgan fingerprint density at radius 1 is 0.388 bits per heavy atom. The van der Waals surface area contributed by atoms with Crippen LogP contribution in [0.25, 0.3) is 67.5 Å². The van der Waals surface area contributed by atoms with Crippen LogP contribution in [0, 0.1) is 0 Å². The second kappa shape index (κ2) is 11.9. The van der Waals surface area contributed by atoms with Crippen LogP contribution in [-0.4, -0.2) is 23.0 Å². The summed E-state index contributed by atoms with van der Waals surface area (Å²) in [7, 11) is -1.69. The SMILES string of the molecule is CC1(C)c2ccccc2-c2ccc(-c3nc(-c4ccccc4)nc(-c4ccc([Si](C)(C)C)c(-c5ccc(-c6ccccc6)cc5)c4)n3)cc21. The Morgan fingerprint density at radius 2 is 0.857 bits per heavy atom. The van der Waals surface area contributed by atoms with Gasteiger partial charge in [0.05, 0.1) is 8.07 Å². The standard InChI is InChI=1S/C45H39N3Si/c1-45(2)39-19-13-12-18-36(39)37-26-24-35(29-40(37)45)44-47-42(33-16-10-7-11-17-33)46-43(48-44)34-25-27-41(49(3,4)5)38(28-34)32-22-20-31(21-23-32)30-14-8-6-9-15-30/h6-29H,1-5H3. The Hall–Kier alpha value is -5.45. The van der Waals surface area contributed by atoms with Gasteiger partial charge in [0.15, 0.2) is 17.5 Å². The Morgan fingerprint density at radius 3 is 1.51 bits per heavy atom. The van der Waals surface area contributed by atoms with Gasteiger partial charge < -0.3 is 0 Å². The molecule has 238 valence electrons. The van der Waals surface area contributed by atoms with E-state index in [1.165, 1.54) is 49.7 Å². The molecule has 0 atom stereocenters. The number of rotatable bonds is 6. The highest BCUT2D eigenvalue weighted by atomic mass is 28.3. The molecule has 4 heteroatoms. The van der Waals surface area contributed by atoms with E-state index in [4.69, 9.17) is 15.0 Å². The van der Waals surface area contributed by atoms with Crippen molar-refractivity contribution in [2.45, 2.75) is 38.9 Å². The van der Waals surface area contributed by atoms with Gasteiger partial charge in [-0.3, -0.25) is 0 Å². The lowest BCUT2D eigenvalue weighted by Crippen LogP contribution is -2.39. The molecule has 0 unspecified atom stereocenters. The Balaban J connectivity index is 1.27. The lowest BCUT2D eigenvalue weighted by atomic mass is 9.82. The fourth-order valence-corrected chi connectivity index (χ4v) is 8.85. The van der Waals surface area contributed by atoms with Crippen molar-refractivity contribution in [3.63, 3.8) is 0 Å². The summed E-state index contributed by atoms with van der Waals surface area (Å²) in [5, 5.41) is 1.42. The van der Waals surface area contributed by atoms with Crippen molar-refractivity contribution in [3.8, 4) is 67.5 Å². The fraction of sp³-hybridized carbons (Fsp3) is 0.133. The average molecular weight is 650 g/mol. The van der Waals surface area contributed by atoms with E-state index in [-0.39, 0.29) is 5.41 Å². The van der Waals surface area contributed by atoms with Crippen molar-refractivity contribution < 1.29 is 0 Å². The minimum atomic E-state index is -1.69. The van der Waals surface area contributed by atoms with E-state index in [0.717, 1.165) is 16.7 Å². The molecule has 0 spiro atoms. The highest BCUT2D eigenvalue weighted by molar-refractivity contribution is 6.89. The van der Waals surface area contributed by atoms with Crippen molar-refractivity contribution >= 4 is 13.3 Å². The number of benzene rings is 6. The molecule has 7 aromatic rings. The van der Waals surface area contributed by atoms with Gasteiger partial charge in [-0.05, 0) is 56.6 Å². The molecule has 0 aliphatic heterocycles. The topological polar surface area (TPSA) is 38.7 Å². The maximum atomic E-state index is 5.19. The number of hydrogen-bond donors (Lipinski definition) is 0. The van der Waals surface area contributed by atoms with E-state index < -0.39 is 8.07 Å². The number of aromatic nitrogens is 3. The van der Waals surface area contributed by atoms with Crippen molar-refractivity contribution in [2.75, 3.05) is 0 Å². The Bertz CT molecular complexity index is 2320. The first-order valence-electron chi connectivity index (χ1n) is 17.0. The van der Waals surface area contributed by atoms with Crippen molar-refractivity contribution in [1.29, 1.82) is 0 Å². The summed E-state index contributed by atoms with van der Waals surface area (Å²) in [6.07, 6.45) is 0. The predicted molar refractivity (Wildman–Crippen MR) is 208 cm³/mol. The maximum absolute atomic E-state index is 5.19. The molecule has 49 heavy (non-hydrogen) atoms. The smallest absolute Gasteiger partial charge is 0.164 e. The van der Waals surface area contributed by atoms with Crippen LogP contribution in [0.4, 0.5) is 0 Å². The van der Waals surface area contributed by atoms with Crippen LogP contribution in [0.15, 0.2) is 146 Å². The van der Waals surface area contributed by atoms with Crippen LogP contribution in [0.5, 0.6) is 0 Å². The van der Waals surface area contributed by atoms with E-state index in [0.29, 0.717) is 17.5 Å². The lowest BCUT2D eigenvalue weighted by Gasteiger charge is -2.22. The van der Waals surface area contributed by atoms with Gasteiger partial charge in [0.25, 0.3) is 0 Å². The second-order valence-corrected chi connectivity index (χ2v) is 19.6. The summed E-state index contributed by atoms with van der Waals surface area (Å²) in [4.78, 5) is 15.4. The first-order valence-corrected chi connectivity index (χ1v) is 20.5. The van der Waals surface area contributed by atoms with E-state index in [1.54, 1.807) is 0 Å². The van der Waals surface area contributed by atoms with E-state index >= 15 is 0 Å². The van der Waals surface area contributed by atoms with Gasteiger partial charge in [0, 0.05) is 22.1 Å². The van der Waals surface area contributed by atoms with Crippen molar-refractivity contribution in [3.05, 3.63) is 157 Å². The first kappa shape index (κ1) is 30.9. The largest absolute Gasteiger partial charge is 0.208 e. The van der Waals surface area contributed by atoms with Crippen molar-refractivity contribution in [2.24, 2.45) is 0 Å². The number of hydrogen-bond acceptors (Lipinski definition) is 3. The Kier molecular flexibility index (Phi) is 7.50. The maximum Gasteiger partial charge on any atom is 0.164 e. The van der Waals surface area contributed by atoms with Crippen LogP contribution in [-0.2, 0) is 5.41 Å². The molecule has 1 aliphatic carbocycles. The van der Waals surface area contributed by atoms with E-state index in [9.17, 15) is 0 Å². The third-order valence-electron chi connectivity index (χ3n) is 9.90. The number of nitrogens with zero attached hydrogens (tertiary/aromatic N) is 3. The summed E-state index contributed by atoms with van der Waals surface area (Å²) < 4.78 is 0. The molecule has 1 aliphatic rings. The molecule has 3 nitrogen and oxygen atoms in total. The summed E-state index contributed by atoms with van der Waals surface area (Å²) in [6.45, 7) is 11.8. The minimum absolute atomic E-state index is 0.113. The average Bonchev–Trinajstić information content (AvgIpc) is 3.37. The molecule has 1 aromatic heterocycles. The second-order valence-electron chi connectivity index (χ2n) is 14.6. The van der Waals surface area contributed by atoms with Crippen LogP contribution in [0.3, 0.4) is 0 Å². The summed E-state index contributed by atoms with van der Waals surface area (Å²) >= 11 is 0. The normalized spacial score (nSPS) is 13.2. The van der Waals surface area contributed by atoms with E-state index in [2.05, 4.69) is 161 Å². The number of fused-ring (bicyclic) bond motifs is 3. The van der Waals surface area contributed by atoms with Crippen LogP contribution in [0.1, 0.15) is 25.0 Å². The third kappa shape index (κ3) is 5.62. The van der Waals surface area contributed by atoms with E-state index in [1.807, 2.05) is 18.2 Å². The van der Waals surface area contributed by atoms with Gasteiger partial charge in [0.2, 0.25) is 0 Å². The molecule has 0 amide bonds. The molecule has 0 fully saturated rings. The summed E-state index contributed by atoms with van der Waals surface area (Å²) in [6, 6.07) is 52.0. The molecule has 8 rings (SSSR count). The lowest BCUT2D eigenvalue weighted by molar-refractivity contribution is 0.660. The summed E-state index contributed by atoms with van der Waals surface area (Å²) in [5.74, 6) is 2.03. The van der Waals surface area contributed by atoms with Gasteiger partial charge in [-0.2, -0.15) is 0 Å². The Labute approximate surface area is 290 Å². The quantitative estimate of drug-likeness (QED) is 0.168. The molecule has 6 aromatic carbocycles. The molecule has 0 saturated heterocycles. The zero-order valence-corrected chi connectivity index (χ0v) is 29.7. The monoisotopic (exact) mass is 649 g/mol.